The predicted molar refractivity (Wildman–Crippen MR) is 84.3 cm³/mol. The van der Waals surface area contributed by atoms with Crippen LogP contribution in [-0.4, -0.2) is 46.4 Å². The van der Waals surface area contributed by atoms with Crippen LogP contribution in [-0.2, 0) is 21.9 Å². The van der Waals surface area contributed by atoms with Gasteiger partial charge in [-0.2, -0.15) is 31.8 Å². The molecule has 0 aliphatic carbocycles. The molecule has 144 valence electrons. The molecule has 0 fully saturated rings. The first-order chi connectivity index (χ1) is 12.5. The van der Waals surface area contributed by atoms with Gasteiger partial charge in [-0.3, -0.25) is 4.68 Å². The van der Waals surface area contributed by atoms with E-state index in [1.54, 1.807) is 13.2 Å². The van der Waals surface area contributed by atoms with Gasteiger partial charge in [0.25, 0.3) is 0 Å². The Balaban J connectivity index is 2.26. The number of rotatable bonds is 4. The van der Waals surface area contributed by atoms with E-state index in [1.165, 1.54) is 17.1 Å². The van der Waals surface area contributed by atoms with E-state index in [0.717, 1.165) is 23.9 Å². The number of aromatic nitrogens is 4. The largest absolute Gasteiger partial charge is 0.534 e. The second-order valence-electron chi connectivity index (χ2n) is 5.32. The highest BCUT2D eigenvalue weighted by molar-refractivity contribution is 7.88. The van der Waals surface area contributed by atoms with Crippen LogP contribution in [0.5, 0.6) is 5.75 Å². The molecular weight excluding hydrogens is 393 g/mol. The summed E-state index contributed by atoms with van der Waals surface area (Å²) in [6.45, 7) is 0. The highest BCUT2D eigenvalue weighted by Gasteiger charge is 2.49. The molecule has 0 unspecified atom stereocenters. The molecule has 9 nitrogen and oxygen atoms in total. The van der Waals surface area contributed by atoms with Crippen LogP contribution in [0.4, 0.5) is 13.2 Å². The molecule has 0 N–H and O–H groups in total. The number of halogens is 3. The van der Waals surface area contributed by atoms with E-state index in [2.05, 4.69) is 19.1 Å². The SMILES string of the molecule is COC(=O)c1cnn2cc(-c3cnn(C)c3)cc(OS(=O)(=O)C(F)(F)F)c12. The van der Waals surface area contributed by atoms with Gasteiger partial charge in [0.15, 0.2) is 5.75 Å². The molecule has 0 aromatic carbocycles. The van der Waals surface area contributed by atoms with E-state index in [1.807, 2.05) is 0 Å². The van der Waals surface area contributed by atoms with Crippen LogP contribution in [0.15, 0.2) is 30.9 Å². The lowest BCUT2D eigenvalue weighted by molar-refractivity contribution is -0.0499. The number of aryl methyl sites for hydroxylation is 1. The standard InChI is InChI=1S/C14H11F3N4O5S/c1-20-6-9(4-18-20)8-3-11(26-27(23,24)14(15,16)17)12-10(13(22)25-2)5-19-21(12)7-8/h3-7H,1-2H3. The van der Waals surface area contributed by atoms with E-state index in [-0.39, 0.29) is 16.6 Å². The van der Waals surface area contributed by atoms with Crippen molar-refractivity contribution in [3.05, 3.63) is 36.4 Å². The molecule has 0 spiro atoms. The maximum atomic E-state index is 12.8. The van der Waals surface area contributed by atoms with Crippen molar-refractivity contribution in [2.75, 3.05) is 7.11 Å². The summed E-state index contributed by atoms with van der Waals surface area (Å²) < 4.78 is 72.5. The average Bonchev–Trinajstić information content (AvgIpc) is 3.19. The van der Waals surface area contributed by atoms with Crippen molar-refractivity contribution in [3.8, 4) is 16.9 Å². The van der Waals surface area contributed by atoms with Crippen molar-refractivity contribution in [1.82, 2.24) is 19.4 Å². The minimum Gasteiger partial charge on any atom is -0.465 e. The summed E-state index contributed by atoms with van der Waals surface area (Å²) in [5.41, 5.74) is -5.48. The van der Waals surface area contributed by atoms with Gasteiger partial charge in [0.05, 0.1) is 19.5 Å². The number of carbonyl (C=O) groups excluding carboxylic acids is 1. The third-order valence-corrected chi connectivity index (χ3v) is 4.47. The number of hydrogen-bond donors (Lipinski definition) is 0. The maximum absolute atomic E-state index is 12.8. The smallest absolute Gasteiger partial charge is 0.465 e. The van der Waals surface area contributed by atoms with Crippen LogP contribution in [0.1, 0.15) is 10.4 Å². The summed E-state index contributed by atoms with van der Waals surface area (Å²) >= 11 is 0. The molecule has 27 heavy (non-hydrogen) atoms. The average molecular weight is 404 g/mol. The number of ether oxygens (including phenoxy) is 1. The van der Waals surface area contributed by atoms with Crippen LogP contribution in [0, 0.1) is 0 Å². The van der Waals surface area contributed by atoms with E-state index in [4.69, 9.17) is 0 Å². The zero-order chi connectivity index (χ0) is 20.0. The number of fused-ring (bicyclic) bond motifs is 1. The number of nitrogens with zero attached hydrogens (tertiary/aromatic N) is 4. The number of esters is 1. The second-order valence-corrected chi connectivity index (χ2v) is 6.86. The highest BCUT2D eigenvalue weighted by Crippen LogP contribution is 2.34. The van der Waals surface area contributed by atoms with Crippen LogP contribution in [0.3, 0.4) is 0 Å². The Morgan fingerprint density at radius 3 is 2.41 bits per heavy atom. The summed E-state index contributed by atoms with van der Waals surface area (Å²) in [6, 6.07) is 1.05. The van der Waals surface area contributed by atoms with Crippen molar-refractivity contribution in [1.29, 1.82) is 0 Å². The first-order valence-corrected chi connectivity index (χ1v) is 8.54. The molecule has 0 aliphatic rings. The van der Waals surface area contributed by atoms with Gasteiger partial charge in [0.1, 0.15) is 11.1 Å². The van der Waals surface area contributed by atoms with Gasteiger partial charge in [-0.05, 0) is 6.07 Å². The predicted octanol–water partition coefficient (Wildman–Crippen LogP) is 1.75. The number of methoxy groups -OCH3 is 1. The lowest BCUT2D eigenvalue weighted by atomic mass is 10.1. The van der Waals surface area contributed by atoms with Crippen molar-refractivity contribution in [3.63, 3.8) is 0 Å². The van der Waals surface area contributed by atoms with Gasteiger partial charge >= 0.3 is 21.6 Å². The monoisotopic (exact) mass is 404 g/mol. The molecule has 0 aliphatic heterocycles. The van der Waals surface area contributed by atoms with Gasteiger partial charge in [-0.25, -0.2) is 9.31 Å². The Hall–Kier alpha value is -3.09. The fraction of sp³-hybridized carbons (Fsp3) is 0.214. The maximum Gasteiger partial charge on any atom is 0.534 e. The molecular formula is C14H11F3N4O5S. The van der Waals surface area contributed by atoms with Crippen LogP contribution in [0.2, 0.25) is 0 Å². The molecule has 0 radical (unpaired) electrons. The van der Waals surface area contributed by atoms with Gasteiger partial charge in [-0.1, -0.05) is 0 Å². The minimum atomic E-state index is -5.98. The zero-order valence-electron chi connectivity index (χ0n) is 13.8. The van der Waals surface area contributed by atoms with E-state index >= 15 is 0 Å². The molecule has 3 heterocycles. The Morgan fingerprint density at radius 2 is 1.85 bits per heavy atom. The van der Waals surface area contributed by atoms with E-state index in [0.29, 0.717) is 5.56 Å². The molecule has 0 bridgehead atoms. The second kappa shape index (κ2) is 6.26. The molecule has 0 saturated carbocycles. The third kappa shape index (κ3) is 3.32. The first-order valence-electron chi connectivity index (χ1n) is 7.13. The Morgan fingerprint density at radius 1 is 1.15 bits per heavy atom. The minimum absolute atomic E-state index is 0.261. The van der Waals surface area contributed by atoms with Gasteiger partial charge in [0.2, 0.25) is 0 Å². The highest BCUT2D eigenvalue weighted by atomic mass is 32.2. The van der Waals surface area contributed by atoms with Crippen molar-refractivity contribution >= 4 is 21.6 Å². The summed E-state index contributed by atoms with van der Waals surface area (Å²) in [7, 11) is -3.30. The summed E-state index contributed by atoms with van der Waals surface area (Å²) in [5, 5.41) is 7.80. The molecule has 0 amide bonds. The lowest BCUT2D eigenvalue weighted by Crippen LogP contribution is -2.28. The Kier molecular flexibility index (Phi) is 4.34. The molecule has 3 aromatic heterocycles. The van der Waals surface area contributed by atoms with Gasteiger partial charge in [-0.15, -0.1) is 0 Å². The van der Waals surface area contributed by atoms with Crippen molar-refractivity contribution < 1.29 is 35.3 Å². The molecule has 3 rings (SSSR count). The lowest BCUT2D eigenvalue weighted by Gasteiger charge is -2.12. The topological polar surface area (TPSA) is 105 Å². The fourth-order valence-electron chi connectivity index (χ4n) is 2.30. The normalized spacial score (nSPS) is 12.3. The number of carbonyl (C=O) groups is 1. The van der Waals surface area contributed by atoms with Crippen molar-refractivity contribution in [2.45, 2.75) is 5.51 Å². The quantitative estimate of drug-likeness (QED) is 0.371. The third-order valence-electron chi connectivity index (χ3n) is 3.50. The first kappa shape index (κ1) is 18.7. The zero-order valence-corrected chi connectivity index (χ0v) is 14.6. The summed E-state index contributed by atoms with van der Waals surface area (Å²) in [4.78, 5) is 11.8. The van der Waals surface area contributed by atoms with Crippen LogP contribution < -0.4 is 4.18 Å². The van der Waals surface area contributed by atoms with Gasteiger partial charge in [0, 0.05) is 30.6 Å². The van der Waals surface area contributed by atoms with E-state index in [9.17, 15) is 26.4 Å². The van der Waals surface area contributed by atoms with E-state index < -0.39 is 27.3 Å². The number of alkyl halides is 3. The summed E-state index contributed by atoms with van der Waals surface area (Å²) in [5.74, 6) is -1.65. The van der Waals surface area contributed by atoms with Crippen LogP contribution in [0.25, 0.3) is 16.6 Å². The molecule has 0 atom stereocenters. The number of hydrogen-bond acceptors (Lipinski definition) is 7. The van der Waals surface area contributed by atoms with Crippen molar-refractivity contribution in [2.24, 2.45) is 7.05 Å². The molecule has 0 saturated heterocycles. The number of pyridine rings is 1. The molecule has 13 heteroatoms. The Labute approximate surface area is 150 Å². The fourth-order valence-corrected chi connectivity index (χ4v) is 2.76. The van der Waals surface area contributed by atoms with Gasteiger partial charge < -0.3 is 8.92 Å². The van der Waals surface area contributed by atoms with Crippen LogP contribution >= 0.6 is 0 Å². The summed E-state index contributed by atoms with van der Waals surface area (Å²) in [6.07, 6.45) is 5.37. The molecule has 3 aromatic rings. The Bertz CT molecular complexity index is 1130.